The van der Waals surface area contributed by atoms with Crippen molar-refractivity contribution >= 4 is 23.2 Å². The van der Waals surface area contributed by atoms with Crippen LogP contribution in [0.5, 0.6) is 5.75 Å². The molecule has 4 heteroatoms. The van der Waals surface area contributed by atoms with Crippen molar-refractivity contribution in [2.75, 3.05) is 11.9 Å². The van der Waals surface area contributed by atoms with Crippen LogP contribution in [0.3, 0.4) is 0 Å². The molecule has 1 amide bonds. The maximum absolute atomic E-state index is 11.2. The molecule has 0 heterocycles. The predicted molar refractivity (Wildman–Crippen MR) is 66.1 cm³/mol. The summed E-state index contributed by atoms with van der Waals surface area (Å²) in [4.78, 5) is 11.2. The molecule has 0 unspecified atom stereocenters. The number of carbonyl (C=O) groups excluding carboxylic acids is 1. The highest BCUT2D eigenvalue weighted by molar-refractivity contribution is 6.32. The Kier molecular flexibility index (Phi) is 4.86. The van der Waals surface area contributed by atoms with E-state index in [0.29, 0.717) is 29.5 Å². The van der Waals surface area contributed by atoms with Crippen molar-refractivity contribution < 1.29 is 9.53 Å². The molecule has 0 atom stereocenters. The van der Waals surface area contributed by atoms with Gasteiger partial charge in [-0.2, -0.15) is 0 Å². The van der Waals surface area contributed by atoms with Gasteiger partial charge in [-0.1, -0.05) is 31.2 Å². The second-order valence-corrected chi connectivity index (χ2v) is 3.55. The summed E-state index contributed by atoms with van der Waals surface area (Å²) in [5.41, 5.74) is 0.669. The predicted octanol–water partition coefficient (Wildman–Crippen LogP) is 3.25. The van der Waals surface area contributed by atoms with Gasteiger partial charge in [-0.05, 0) is 18.2 Å². The van der Waals surface area contributed by atoms with Crippen LogP contribution in [0.2, 0.25) is 5.02 Å². The van der Waals surface area contributed by atoms with E-state index in [1.165, 1.54) is 0 Å². The Morgan fingerprint density at radius 3 is 2.94 bits per heavy atom. The van der Waals surface area contributed by atoms with Crippen LogP contribution in [-0.4, -0.2) is 12.5 Å². The molecule has 0 bridgehead atoms. The van der Waals surface area contributed by atoms with E-state index in [4.69, 9.17) is 16.3 Å². The molecule has 0 aliphatic heterocycles. The van der Waals surface area contributed by atoms with Gasteiger partial charge in [0.15, 0.2) is 0 Å². The van der Waals surface area contributed by atoms with Crippen LogP contribution in [0.25, 0.3) is 0 Å². The van der Waals surface area contributed by atoms with Crippen molar-refractivity contribution in [3.8, 4) is 5.75 Å². The number of amides is 1. The van der Waals surface area contributed by atoms with Crippen LogP contribution >= 0.6 is 11.6 Å². The van der Waals surface area contributed by atoms with Gasteiger partial charge in [0.2, 0.25) is 5.91 Å². The summed E-state index contributed by atoms with van der Waals surface area (Å²) >= 11 is 5.98. The highest BCUT2D eigenvalue weighted by atomic mass is 35.5. The van der Waals surface area contributed by atoms with Gasteiger partial charge in [0.05, 0.1) is 5.02 Å². The highest BCUT2D eigenvalue weighted by Crippen LogP contribution is 2.27. The number of carbonyl (C=O) groups is 1. The Bertz CT molecular complexity index is 391. The summed E-state index contributed by atoms with van der Waals surface area (Å²) in [6.07, 6.45) is 2.08. The number of hydrogen-bond donors (Lipinski definition) is 1. The first-order chi connectivity index (χ1) is 7.67. The second kappa shape index (κ2) is 6.18. The number of anilines is 1. The second-order valence-electron chi connectivity index (χ2n) is 3.15. The van der Waals surface area contributed by atoms with E-state index >= 15 is 0 Å². The third-order valence-corrected chi connectivity index (χ3v) is 2.19. The smallest absolute Gasteiger partial charge is 0.224 e. The third kappa shape index (κ3) is 3.59. The van der Waals surface area contributed by atoms with Crippen LogP contribution in [-0.2, 0) is 4.79 Å². The molecule has 0 fully saturated rings. The van der Waals surface area contributed by atoms with E-state index in [1.54, 1.807) is 31.2 Å². The molecule has 86 valence electrons. The summed E-state index contributed by atoms with van der Waals surface area (Å²) in [6.45, 7) is 5.74. The molecule has 3 nitrogen and oxygen atoms in total. The fraction of sp³-hybridized carbons (Fsp3) is 0.250. The van der Waals surface area contributed by atoms with Crippen molar-refractivity contribution in [1.29, 1.82) is 0 Å². The summed E-state index contributed by atoms with van der Waals surface area (Å²) < 4.78 is 5.31. The first-order valence-corrected chi connectivity index (χ1v) is 5.38. The maximum atomic E-state index is 11.2. The lowest BCUT2D eigenvalue weighted by molar-refractivity contribution is -0.115. The Hall–Kier alpha value is -1.48. The molecule has 1 aromatic carbocycles. The van der Waals surface area contributed by atoms with E-state index in [9.17, 15) is 4.79 Å². The van der Waals surface area contributed by atoms with E-state index < -0.39 is 0 Å². The fourth-order valence-corrected chi connectivity index (χ4v) is 1.33. The molecular formula is C12H14ClNO2. The molecule has 0 aliphatic rings. The lowest BCUT2D eigenvalue weighted by Gasteiger charge is -2.08. The lowest BCUT2D eigenvalue weighted by Crippen LogP contribution is -2.09. The molecule has 0 saturated carbocycles. The zero-order valence-corrected chi connectivity index (χ0v) is 9.88. The number of benzene rings is 1. The van der Waals surface area contributed by atoms with E-state index in [2.05, 4.69) is 11.9 Å². The largest absolute Gasteiger partial charge is 0.488 e. The van der Waals surface area contributed by atoms with Crippen molar-refractivity contribution in [3.63, 3.8) is 0 Å². The van der Waals surface area contributed by atoms with Gasteiger partial charge in [-0.3, -0.25) is 4.79 Å². The number of halogens is 1. The van der Waals surface area contributed by atoms with Crippen molar-refractivity contribution in [2.45, 2.75) is 13.3 Å². The first-order valence-electron chi connectivity index (χ1n) is 5.00. The first kappa shape index (κ1) is 12.6. The quantitative estimate of drug-likeness (QED) is 0.801. The molecule has 0 radical (unpaired) electrons. The van der Waals surface area contributed by atoms with Crippen LogP contribution < -0.4 is 10.1 Å². The topological polar surface area (TPSA) is 38.3 Å². The van der Waals surface area contributed by atoms with Gasteiger partial charge in [0, 0.05) is 12.1 Å². The van der Waals surface area contributed by atoms with E-state index in [-0.39, 0.29) is 5.91 Å². The van der Waals surface area contributed by atoms with Crippen molar-refractivity contribution in [2.24, 2.45) is 0 Å². The van der Waals surface area contributed by atoms with E-state index in [0.717, 1.165) is 0 Å². The monoisotopic (exact) mass is 239 g/mol. The zero-order valence-electron chi connectivity index (χ0n) is 9.13. The summed E-state index contributed by atoms with van der Waals surface area (Å²) in [7, 11) is 0. The fourth-order valence-electron chi connectivity index (χ4n) is 1.09. The van der Waals surface area contributed by atoms with Crippen molar-refractivity contribution in [3.05, 3.63) is 35.9 Å². The van der Waals surface area contributed by atoms with Gasteiger partial charge in [-0.15, -0.1) is 0 Å². The molecule has 1 N–H and O–H groups in total. The minimum Gasteiger partial charge on any atom is -0.488 e. The van der Waals surface area contributed by atoms with Gasteiger partial charge < -0.3 is 10.1 Å². The molecule has 1 aromatic rings. The Balaban J connectivity index is 2.74. The van der Waals surface area contributed by atoms with Crippen LogP contribution in [0.4, 0.5) is 5.69 Å². The molecule has 0 aliphatic carbocycles. The Morgan fingerprint density at radius 2 is 2.38 bits per heavy atom. The average molecular weight is 240 g/mol. The number of ether oxygens (including phenoxy) is 1. The van der Waals surface area contributed by atoms with Gasteiger partial charge in [0.1, 0.15) is 12.4 Å². The Labute approximate surface area is 100 Å². The minimum atomic E-state index is -0.0455. The lowest BCUT2D eigenvalue weighted by atomic mass is 10.3. The summed E-state index contributed by atoms with van der Waals surface area (Å²) in [6, 6.07) is 5.13. The SMILES string of the molecule is C=CCOc1ccc(NC(=O)CC)cc1Cl. The van der Waals surface area contributed by atoms with Gasteiger partial charge >= 0.3 is 0 Å². The van der Waals surface area contributed by atoms with Crippen LogP contribution in [0.15, 0.2) is 30.9 Å². The van der Waals surface area contributed by atoms with Gasteiger partial charge in [0.25, 0.3) is 0 Å². The molecule has 0 saturated heterocycles. The highest BCUT2D eigenvalue weighted by Gasteiger charge is 2.04. The molecule has 0 aromatic heterocycles. The average Bonchev–Trinajstić information content (AvgIpc) is 2.28. The summed E-state index contributed by atoms with van der Waals surface area (Å²) in [5.74, 6) is 0.534. The number of hydrogen-bond acceptors (Lipinski definition) is 2. The molecule has 0 spiro atoms. The number of nitrogens with one attached hydrogen (secondary N) is 1. The molecule has 1 rings (SSSR count). The van der Waals surface area contributed by atoms with Crippen molar-refractivity contribution in [1.82, 2.24) is 0 Å². The molecular weight excluding hydrogens is 226 g/mol. The Morgan fingerprint density at radius 1 is 1.62 bits per heavy atom. The third-order valence-electron chi connectivity index (χ3n) is 1.89. The summed E-state index contributed by atoms with van der Waals surface area (Å²) in [5, 5.41) is 3.18. The maximum Gasteiger partial charge on any atom is 0.224 e. The van der Waals surface area contributed by atoms with E-state index in [1.807, 2.05) is 0 Å². The standard InChI is InChI=1S/C12H14ClNO2/c1-3-7-16-11-6-5-9(8-10(11)13)14-12(15)4-2/h3,5-6,8H,1,4,7H2,2H3,(H,14,15). The molecule has 16 heavy (non-hydrogen) atoms. The zero-order chi connectivity index (χ0) is 12.0. The normalized spacial score (nSPS) is 9.62. The minimum absolute atomic E-state index is 0.0455. The number of rotatable bonds is 5. The van der Waals surface area contributed by atoms with Crippen LogP contribution in [0.1, 0.15) is 13.3 Å². The van der Waals surface area contributed by atoms with Crippen LogP contribution in [0, 0.1) is 0 Å². The van der Waals surface area contributed by atoms with Gasteiger partial charge in [-0.25, -0.2) is 0 Å².